The summed E-state index contributed by atoms with van der Waals surface area (Å²) in [5.41, 5.74) is 0. The summed E-state index contributed by atoms with van der Waals surface area (Å²) in [4.78, 5) is 25.0. The first-order valence-corrected chi connectivity index (χ1v) is 5.60. The van der Waals surface area contributed by atoms with Crippen molar-refractivity contribution < 1.29 is 19.4 Å². The second-order valence-corrected chi connectivity index (χ2v) is 4.78. The molecule has 1 unspecified atom stereocenters. The highest BCUT2D eigenvalue weighted by Crippen LogP contribution is 2.28. The van der Waals surface area contributed by atoms with E-state index in [9.17, 15) is 9.59 Å². The van der Waals surface area contributed by atoms with E-state index in [-0.39, 0.29) is 19.1 Å². The third-order valence-electron chi connectivity index (χ3n) is 2.33. The molecule has 0 bridgehead atoms. The molecule has 1 atom stereocenters. The van der Waals surface area contributed by atoms with Gasteiger partial charge in [-0.1, -0.05) is 0 Å². The Kier molecular flexibility index (Phi) is 2.93. The maximum Gasteiger partial charge on any atom is 0.329 e. The third-order valence-corrected chi connectivity index (χ3v) is 3.33. The zero-order valence-electron chi connectivity index (χ0n) is 8.67. The molecule has 1 aliphatic rings. The number of aliphatic carboxylic acids is 1. The molecular formula is C10H11NO4S. The summed E-state index contributed by atoms with van der Waals surface area (Å²) in [7, 11) is 0. The van der Waals surface area contributed by atoms with Crippen molar-refractivity contribution in [2.75, 3.05) is 18.1 Å². The standard InChI is InChI=1S/C10H11NO4S/c1-6-2-3-9(16-6)11-7(10(13)14)4-15-5-8(11)12/h2-3,7H,4-5H2,1H3,(H,13,14). The van der Waals surface area contributed by atoms with Gasteiger partial charge >= 0.3 is 5.97 Å². The van der Waals surface area contributed by atoms with Crippen LogP contribution < -0.4 is 4.90 Å². The van der Waals surface area contributed by atoms with Gasteiger partial charge in [-0.05, 0) is 19.1 Å². The molecule has 1 aliphatic heterocycles. The number of amides is 1. The third kappa shape index (κ3) is 1.94. The monoisotopic (exact) mass is 241 g/mol. The van der Waals surface area contributed by atoms with Gasteiger partial charge in [0, 0.05) is 4.88 Å². The van der Waals surface area contributed by atoms with E-state index in [1.165, 1.54) is 16.2 Å². The SMILES string of the molecule is Cc1ccc(N2C(=O)COCC2C(=O)O)s1. The number of carbonyl (C=O) groups is 2. The van der Waals surface area contributed by atoms with Crippen molar-refractivity contribution in [1.29, 1.82) is 0 Å². The fraction of sp³-hybridized carbons (Fsp3) is 0.400. The highest BCUT2D eigenvalue weighted by molar-refractivity contribution is 7.16. The highest BCUT2D eigenvalue weighted by Gasteiger charge is 2.35. The average Bonchev–Trinajstić information content (AvgIpc) is 2.64. The minimum atomic E-state index is -1.04. The summed E-state index contributed by atoms with van der Waals surface area (Å²) < 4.78 is 4.95. The molecule has 0 spiro atoms. The van der Waals surface area contributed by atoms with Crippen LogP contribution in [0.5, 0.6) is 0 Å². The van der Waals surface area contributed by atoms with Crippen LogP contribution in [0.2, 0.25) is 0 Å². The van der Waals surface area contributed by atoms with Gasteiger partial charge in [0.2, 0.25) is 0 Å². The summed E-state index contributed by atoms with van der Waals surface area (Å²) in [6.45, 7) is 1.90. The van der Waals surface area contributed by atoms with E-state index in [4.69, 9.17) is 9.84 Å². The van der Waals surface area contributed by atoms with E-state index in [0.29, 0.717) is 5.00 Å². The van der Waals surface area contributed by atoms with E-state index < -0.39 is 12.0 Å². The number of ether oxygens (including phenoxy) is 1. The number of hydrogen-bond donors (Lipinski definition) is 1. The van der Waals surface area contributed by atoms with Crippen LogP contribution in [0.15, 0.2) is 12.1 Å². The summed E-state index contributed by atoms with van der Waals surface area (Å²) >= 11 is 1.41. The first-order chi connectivity index (χ1) is 7.59. The maximum atomic E-state index is 11.7. The molecule has 1 saturated heterocycles. The molecule has 86 valence electrons. The van der Waals surface area contributed by atoms with Gasteiger partial charge in [0.1, 0.15) is 6.61 Å². The van der Waals surface area contributed by atoms with Crippen LogP contribution in [0, 0.1) is 6.92 Å². The number of aryl methyl sites for hydroxylation is 1. The van der Waals surface area contributed by atoms with E-state index in [1.54, 1.807) is 6.07 Å². The van der Waals surface area contributed by atoms with Crippen LogP contribution in [0.25, 0.3) is 0 Å². The number of anilines is 1. The molecule has 1 amide bonds. The lowest BCUT2D eigenvalue weighted by Gasteiger charge is -2.31. The van der Waals surface area contributed by atoms with Gasteiger partial charge in [0.05, 0.1) is 11.6 Å². The van der Waals surface area contributed by atoms with Crippen molar-refractivity contribution in [1.82, 2.24) is 0 Å². The van der Waals surface area contributed by atoms with Crippen LogP contribution in [0.4, 0.5) is 5.00 Å². The van der Waals surface area contributed by atoms with Crippen molar-refractivity contribution in [2.24, 2.45) is 0 Å². The molecule has 1 N–H and O–H groups in total. The fourth-order valence-electron chi connectivity index (χ4n) is 1.59. The Morgan fingerprint density at radius 3 is 2.94 bits per heavy atom. The zero-order valence-corrected chi connectivity index (χ0v) is 9.49. The van der Waals surface area contributed by atoms with Crippen molar-refractivity contribution in [3.63, 3.8) is 0 Å². The first-order valence-electron chi connectivity index (χ1n) is 4.78. The van der Waals surface area contributed by atoms with Gasteiger partial charge in [-0.15, -0.1) is 11.3 Å². The largest absolute Gasteiger partial charge is 0.480 e. The fourth-order valence-corrected chi connectivity index (χ4v) is 2.51. The molecule has 6 heteroatoms. The number of nitrogens with zero attached hydrogens (tertiary/aromatic N) is 1. The Labute approximate surface area is 96.2 Å². The number of hydrogen-bond acceptors (Lipinski definition) is 4. The Morgan fingerprint density at radius 2 is 2.38 bits per heavy atom. The number of thiophene rings is 1. The quantitative estimate of drug-likeness (QED) is 0.834. The van der Waals surface area contributed by atoms with Crippen LogP contribution in [-0.4, -0.2) is 36.2 Å². The second kappa shape index (κ2) is 4.23. The molecule has 1 aromatic heterocycles. The molecule has 0 aliphatic carbocycles. The molecule has 2 rings (SSSR count). The number of carbonyl (C=O) groups excluding carboxylic acids is 1. The van der Waals surface area contributed by atoms with Crippen LogP contribution in [0.1, 0.15) is 4.88 Å². The highest BCUT2D eigenvalue weighted by atomic mass is 32.1. The van der Waals surface area contributed by atoms with Gasteiger partial charge < -0.3 is 9.84 Å². The van der Waals surface area contributed by atoms with Crippen molar-refractivity contribution in [3.05, 3.63) is 17.0 Å². The van der Waals surface area contributed by atoms with Crippen LogP contribution in [0.3, 0.4) is 0 Å². The Balaban J connectivity index is 2.33. The van der Waals surface area contributed by atoms with Gasteiger partial charge in [-0.3, -0.25) is 9.69 Å². The molecule has 0 radical (unpaired) electrons. The lowest BCUT2D eigenvalue weighted by molar-refractivity contribution is -0.145. The summed E-state index contributed by atoms with van der Waals surface area (Å²) in [5, 5.41) is 9.69. The van der Waals surface area contributed by atoms with E-state index in [2.05, 4.69) is 0 Å². The van der Waals surface area contributed by atoms with Crippen molar-refractivity contribution in [3.8, 4) is 0 Å². The Bertz CT molecular complexity index is 428. The minimum Gasteiger partial charge on any atom is -0.480 e. The topological polar surface area (TPSA) is 66.8 Å². The molecule has 16 heavy (non-hydrogen) atoms. The molecule has 1 fully saturated rings. The molecule has 2 heterocycles. The molecular weight excluding hydrogens is 230 g/mol. The summed E-state index contributed by atoms with van der Waals surface area (Å²) in [6.07, 6.45) is 0. The number of morpholine rings is 1. The number of carboxylic acid groups (broad SMARTS) is 1. The Morgan fingerprint density at radius 1 is 1.62 bits per heavy atom. The average molecular weight is 241 g/mol. The van der Waals surface area contributed by atoms with Gasteiger partial charge in [-0.2, -0.15) is 0 Å². The summed E-state index contributed by atoms with van der Waals surface area (Å²) in [6, 6.07) is 2.71. The number of carboxylic acids is 1. The zero-order chi connectivity index (χ0) is 11.7. The predicted octanol–water partition coefficient (Wildman–Crippen LogP) is 0.873. The van der Waals surface area contributed by atoms with Crippen molar-refractivity contribution in [2.45, 2.75) is 13.0 Å². The lowest BCUT2D eigenvalue weighted by Crippen LogP contribution is -2.53. The first kappa shape index (κ1) is 11.1. The van der Waals surface area contributed by atoms with Crippen LogP contribution in [-0.2, 0) is 14.3 Å². The maximum absolute atomic E-state index is 11.7. The van der Waals surface area contributed by atoms with Gasteiger partial charge in [-0.25, -0.2) is 4.79 Å². The second-order valence-electron chi connectivity index (χ2n) is 3.52. The van der Waals surface area contributed by atoms with Gasteiger partial charge in [0.25, 0.3) is 5.91 Å². The van der Waals surface area contributed by atoms with E-state index in [1.807, 2.05) is 13.0 Å². The van der Waals surface area contributed by atoms with Crippen molar-refractivity contribution >= 4 is 28.2 Å². The molecule has 0 aromatic carbocycles. The smallest absolute Gasteiger partial charge is 0.329 e. The minimum absolute atomic E-state index is 0.0397. The Hall–Kier alpha value is -1.40. The summed E-state index contributed by atoms with van der Waals surface area (Å²) in [5.74, 6) is -1.35. The normalized spacial score (nSPS) is 21.2. The van der Waals surface area contributed by atoms with E-state index >= 15 is 0 Å². The molecule has 1 aromatic rings. The van der Waals surface area contributed by atoms with Gasteiger partial charge in [0.15, 0.2) is 6.04 Å². The predicted molar refractivity (Wildman–Crippen MR) is 58.8 cm³/mol. The lowest BCUT2D eigenvalue weighted by atomic mass is 10.2. The van der Waals surface area contributed by atoms with Crippen LogP contribution >= 0.6 is 11.3 Å². The molecule has 0 saturated carbocycles. The molecule has 5 nitrogen and oxygen atoms in total. The van der Waals surface area contributed by atoms with E-state index in [0.717, 1.165) is 4.88 Å². The number of rotatable bonds is 2.